The summed E-state index contributed by atoms with van der Waals surface area (Å²) in [6.45, 7) is 2.31. The van der Waals surface area contributed by atoms with Gasteiger partial charge in [-0.3, -0.25) is 4.79 Å². The van der Waals surface area contributed by atoms with E-state index in [0.717, 1.165) is 19.3 Å². The molecule has 2 aliphatic rings. The molecule has 96 valence electrons. The van der Waals surface area contributed by atoms with Crippen LogP contribution in [0.15, 0.2) is 0 Å². The Labute approximate surface area is 101 Å². The third-order valence-corrected chi connectivity index (χ3v) is 3.92. The quantitative estimate of drug-likeness (QED) is 0.775. The number of hydrogen-bond acceptors (Lipinski definition) is 3. The maximum Gasteiger partial charge on any atom is 0.329 e. The molecular formula is C12H19NO4. The van der Waals surface area contributed by atoms with Crippen molar-refractivity contribution < 1.29 is 19.4 Å². The topological polar surface area (TPSA) is 75.6 Å². The highest BCUT2D eigenvalue weighted by molar-refractivity contribution is 5.91. The molecule has 1 amide bonds. The first kappa shape index (κ1) is 12.4. The summed E-state index contributed by atoms with van der Waals surface area (Å²) < 4.78 is 5.43. The lowest BCUT2D eigenvalue weighted by Gasteiger charge is -2.30. The molecule has 1 aliphatic carbocycles. The van der Waals surface area contributed by atoms with Crippen LogP contribution in [0.25, 0.3) is 0 Å². The van der Waals surface area contributed by atoms with Crippen molar-refractivity contribution in [3.8, 4) is 0 Å². The Bertz CT molecular complexity index is 327. The summed E-state index contributed by atoms with van der Waals surface area (Å²) in [6, 6.07) is 0. The maximum absolute atomic E-state index is 12.1. The Kier molecular flexibility index (Phi) is 3.12. The summed E-state index contributed by atoms with van der Waals surface area (Å²) in [5.74, 6) is -1.20. The van der Waals surface area contributed by atoms with Gasteiger partial charge in [0.05, 0.1) is 0 Å². The number of carboxylic acids is 1. The number of rotatable bonds is 3. The molecule has 17 heavy (non-hydrogen) atoms. The van der Waals surface area contributed by atoms with Crippen LogP contribution in [0, 0.1) is 0 Å². The number of amides is 1. The van der Waals surface area contributed by atoms with Gasteiger partial charge in [0.1, 0.15) is 11.1 Å². The molecule has 0 aromatic rings. The van der Waals surface area contributed by atoms with Crippen molar-refractivity contribution in [1.29, 1.82) is 0 Å². The molecule has 2 fully saturated rings. The van der Waals surface area contributed by atoms with Gasteiger partial charge >= 0.3 is 5.97 Å². The number of carboxylic acid groups (broad SMARTS) is 1. The van der Waals surface area contributed by atoms with Crippen LogP contribution in [0.4, 0.5) is 0 Å². The second-order valence-electron chi connectivity index (χ2n) is 5.23. The molecule has 0 aromatic carbocycles. The molecule has 1 heterocycles. The van der Waals surface area contributed by atoms with Gasteiger partial charge in [0, 0.05) is 6.61 Å². The van der Waals surface area contributed by atoms with Crippen LogP contribution in [-0.4, -0.2) is 34.7 Å². The van der Waals surface area contributed by atoms with Gasteiger partial charge in [-0.05, 0) is 32.6 Å². The van der Waals surface area contributed by atoms with Crippen molar-refractivity contribution in [3.63, 3.8) is 0 Å². The highest BCUT2D eigenvalue weighted by atomic mass is 16.5. The highest BCUT2D eigenvalue weighted by Crippen LogP contribution is 2.32. The van der Waals surface area contributed by atoms with Crippen LogP contribution in [-0.2, 0) is 14.3 Å². The van der Waals surface area contributed by atoms with Gasteiger partial charge < -0.3 is 15.2 Å². The molecule has 0 spiro atoms. The maximum atomic E-state index is 12.1. The SMILES string of the molecule is CC1(C(=O)NC2(C(=O)O)CCCC2)CCCO1. The number of aliphatic carboxylic acids is 1. The molecule has 5 nitrogen and oxygen atoms in total. The van der Waals surface area contributed by atoms with Crippen LogP contribution < -0.4 is 5.32 Å². The fourth-order valence-electron chi connectivity index (χ4n) is 2.68. The molecule has 1 saturated carbocycles. The lowest BCUT2D eigenvalue weighted by Crippen LogP contribution is -2.58. The van der Waals surface area contributed by atoms with Crippen molar-refractivity contribution in [2.75, 3.05) is 6.61 Å². The van der Waals surface area contributed by atoms with E-state index < -0.39 is 17.1 Å². The van der Waals surface area contributed by atoms with Gasteiger partial charge in [0.25, 0.3) is 5.91 Å². The van der Waals surface area contributed by atoms with Crippen molar-refractivity contribution in [1.82, 2.24) is 5.32 Å². The van der Waals surface area contributed by atoms with Gasteiger partial charge in [-0.2, -0.15) is 0 Å². The average molecular weight is 241 g/mol. The van der Waals surface area contributed by atoms with Gasteiger partial charge in [-0.15, -0.1) is 0 Å². The molecular weight excluding hydrogens is 222 g/mol. The largest absolute Gasteiger partial charge is 0.480 e. The first-order valence-electron chi connectivity index (χ1n) is 6.19. The fourth-order valence-corrected chi connectivity index (χ4v) is 2.68. The molecule has 0 bridgehead atoms. The zero-order chi connectivity index (χ0) is 12.5. The Morgan fingerprint density at radius 3 is 2.29 bits per heavy atom. The van der Waals surface area contributed by atoms with E-state index >= 15 is 0 Å². The monoisotopic (exact) mass is 241 g/mol. The van der Waals surface area contributed by atoms with Crippen LogP contribution in [0.1, 0.15) is 45.4 Å². The van der Waals surface area contributed by atoms with Crippen molar-refractivity contribution in [3.05, 3.63) is 0 Å². The smallest absolute Gasteiger partial charge is 0.329 e. The van der Waals surface area contributed by atoms with E-state index in [9.17, 15) is 14.7 Å². The lowest BCUT2D eigenvalue weighted by atomic mass is 9.94. The van der Waals surface area contributed by atoms with Gasteiger partial charge in [0.2, 0.25) is 0 Å². The van der Waals surface area contributed by atoms with Crippen molar-refractivity contribution in [2.45, 2.75) is 56.6 Å². The molecule has 1 atom stereocenters. The van der Waals surface area contributed by atoms with E-state index in [-0.39, 0.29) is 5.91 Å². The summed E-state index contributed by atoms with van der Waals surface area (Å²) in [5.41, 5.74) is -1.91. The molecule has 0 aromatic heterocycles. The third-order valence-electron chi connectivity index (χ3n) is 3.92. The Morgan fingerprint density at radius 1 is 1.18 bits per heavy atom. The zero-order valence-electron chi connectivity index (χ0n) is 10.1. The molecule has 2 N–H and O–H groups in total. The van der Waals surface area contributed by atoms with E-state index in [4.69, 9.17) is 4.74 Å². The molecule has 5 heteroatoms. The first-order valence-corrected chi connectivity index (χ1v) is 6.19. The minimum atomic E-state index is -1.06. The van der Waals surface area contributed by atoms with Crippen LogP contribution >= 0.6 is 0 Å². The number of ether oxygens (including phenoxy) is 1. The Hall–Kier alpha value is -1.10. The predicted octanol–water partition coefficient (Wildman–Crippen LogP) is 1.07. The third kappa shape index (κ3) is 2.16. The van der Waals surface area contributed by atoms with Crippen LogP contribution in [0.2, 0.25) is 0 Å². The molecule has 1 unspecified atom stereocenters. The minimum absolute atomic E-state index is 0.278. The Morgan fingerprint density at radius 2 is 1.82 bits per heavy atom. The normalized spacial score (nSPS) is 31.4. The van der Waals surface area contributed by atoms with Gasteiger partial charge in [-0.1, -0.05) is 12.8 Å². The number of nitrogens with one attached hydrogen (secondary N) is 1. The second kappa shape index (κ2) is 4.29. The Balaban J connectivity index is 2.08. The van der Waals surface area contributed by atoms with Crippen LogP contribution in [0.3, 0.4) is 0 Å². The van der Waals surface area contributed by atoms with Crippen LogP contribution in [0.5, 0.6) is 0 Å². The van der Waals surface area contributed by atoms with E-state index in [1.54, 1.807) is 6.92 Å². The molecule has 2 rings (SSSR count). The number of hydrogen-bond donors (Lipinski definition) is 2. The lowest BCUT2D eigenvalue weighted by molar-refractivity contribution is -0.152. The summed E-state index contributed by atoms with van der Waals surface area (Å²) in [6.07, 6.45) is 4.25. The minimum Gasteiger partial charge on any atom is -0.480 e. The second-order valence-corrected chi connectivity index (χ2v) is 5.23. The summed E-state index contributed by atoms with van der Waals surface area (Å²) in [7, 11) is 0. The molecule has 1 saturated heterocycles. The first-order chi connectivity index (χ1) is 7.99. The zero-order valence-corrected chi connectivity index (χ0v) is 10.1. The van der Waals surface area contributed by atoms with E-state index in [1.807, 2.05) is 0 Å². The van der Waals surface area contributed by atoms with Crippen molar-refractivity contribution >= 4 is 11.9 Å². The van der Waals surface area contributed by atoms with Gasteiger partial charge in [0.15, 0.2) is 0 Å². The fraction of sp³-hybridized carbons (Fsp3) is 0.833. The summed E-state index contributed by atoms with van der Waals surface area (Å²) in [5, 5.41) is 12.0. The average Bonchev–Trinajstić information content (AvgIpc) is 2.88. The highest BCUT2D eigenvalue weighted by Gasteiger charge is 2.47. The number of carbonyl (C=O) groups excluding carboxylic acids is 1. The number of carbonyl (C=O) groups is 2. The summed E-state index contributed by atoms with van der Waals surface area (Å²) in [4.78, 5) is 23.5. The van der Waals surface area contributed by atoms with Crippen molar-refractivity contribution in [2.24, 2.45) is 0 Å². The van der Waals surface area contributed by atoms with Gasteiger partial charge in [-0.25, -0.2) is 4.79 Å². The molecule has 0 radical (unpaired) electrons. The standard InChI is InChI=1S/C12H19NO4/c1-11(5-4-8-17-11)9(14)13-12(10(15)16)6-2-3-7-12/h2-8H2,1H3,(H,13,14)(H,15,16). The van der Waals surface area contributed by atoms with E-state index in [1.165, 1.54) is 0 Å². The van der Waals surface area contributed by atoms with E-state index in [0.29, 0.717) is 25.9 Å². The molecule has 1 aliphatic heterocycles. The predicted molar refractivity (Wildman–Crippen MR) is 60.6 cm³/mol. The summed E-state index contributed by atoms with van der Waals surface area (Å²) >= 11 is 0. The van der Waals surface area contributed by atoms with E-state index in [2.05, 4.69) is 5.32 Å².